The molecule has 1 unspecified atom stereocenters. The number of benzene rings is 2. The third-order valence-corrected chi connectivity index (χ3v) is 9.09. The van der Waals surface area contributed by atoms with Crippen LogP contribution >= 0.6 is 11.3 Å². The fourth-order valence-corrected chi connectivity index (χ4v) is 6.63. The van der Waals surface area contributed by atoms with Crippen LogP contribution in [0.25, 0.3) is 10.1 Å². The second kappa shape index (κ2) is 13.6. The molecule has 1 atom stereocenters. The van der Waals surface area contributed by atoms with E-state index in [0.29, 0.717) is 35.9 Å². The van der Waals surface area contributed by atoms with E-state index in [0.717, 1.165) is 46.3 Å². The van der Waals surface area contributed by atoms with Crippen molar-refractivity contribution in [1.29, 1.82) is 5.26 Å². The van der Waals surface area contributed by atoms with Crippen molar-refractivity contribution in [3.05, 3.63) is 82.8 Å². The Hall–Kier alpha value is -3.96. The number of nitrogens with one attached hydrogen (secondary N) is 2. The molecule has 0 aliphatic heterocycles. The summed E-state index contributed by atoms with van der Waals surface area (Å²) in [6.07, 6.45) is 12.0. The largest absolute Gasteiger partial charge is 0.351 e. The molecular weight excluding hydrogens is 530 g/mol. The van der Waals surface area contributed by atoms with Crippen molar-refractivity contribution < 1.29 is 9.59 Å². The minimum Gasteiger partial charge on any atom is -0.351 e. The van der Waals surface area contributed by atoms with E-state index in [-0.39, 0.29) is 17.7 Å². The van der Waals surface area contributed by atoms with E-state index < -0.39 is 0 Å². The fraction of sp³-hybridized carbons (Fsp3) is 0.394. The Labute approximate surface area is 245 Å². The molecule has 1 saturated carbocycles. The molecule has 0 radical (unpaired) electrons. The van der Waals surface area contributed by atoms with E-state index in [2.05, 4.69) is 33.2 Å². The monoisotopic (exact) mass is 567 g/mol. The maximum atomic E-state index is 13.7. The van der Waals surface area contributed by atoms with Gasteiger partial charge >= 0.3 is 0 Å². The lowest BCUT2D eigenvalue weighted by Gasteiger charge is -2.21. The van der Waals surface area contributed by atoms with Gasteiger partial charge in [0.1, 0.15) is 0 Å². The van der Waals surface area contributed by atoms with Crippen LogP contribution in [0.4, 0.5) is 5.69 Å². The number of imidazole rings is 1. The first-order chi connectivity index (χ1) is 20.0. The van der Waals surface area contributed by atoms with Crippen molar-refractivity contribution in [3.8, 4) is 6.07 Å². The average Bonchev–Trinajstić information content (AvgIpc) is 3.75. The molecule has 41 heavy (non-hydrogen) atoms. The zero-order valence-electron chi connectivity index (χ0n) is 23.6. The number of nitrogens with zero attached hydrogens (tertiary/aromatic N) is 3. The van der Waals surface area contributed by atoms with Crippen molar-refractivity contribution >= 4 is 38.9 Å². The number of thiophene rings is 1. The fourth-order valence-electron chi connectivity index (χ4n) is 5.67. The van der Waals surface area contributed by atoms with Crippen molar-refractivity contribution in [2.75, 3.05) is 11.9 Å². The molecule has 1 fully saturated rings. The highest BCUT2D eigenvalue weighted by Gasteiger charge is 2.27. The van der Waals surface area contributed by atoms with Crippen LogP contribution in [0.1, 0.15) is 78.4 Å². The first-order valence-corrected chi connectivity index (χ1v) is 15.4. The molecule has 2 aromatic carbocycles. The molecule has 0 spiro atoms. The summed E-state index contributed by atoms with van der Waals surface area (Å²) in [5, 5.41) is 16.2. The summed E-state index contributed by atoms with van der Waals surface area (Å²) >= 11 is 1.48. The summed E-state index contributed by atoms with van der Waals surface area (Å²) in [6.45, 7) is 3.42. The molecule has 2 aromatic heterocycles. The number of unbranched alkanes of at least 4 members (excludes halogenated alkanes) is 1. The molecular formula is C33H37N5O2S. The molecule has 2 amide bonds. The second-order valence-corrected chi connectivity index (χ2v) is 12.2. The minimum atomic E-state index is -0.174. The standard InChI is InChI=1S/C33H37N5O2S/c1-2-3-14-36-33(40)31-18-26-16-28(12-13-30(26)41-31)37-32(39)27(15-23-6-4-5-7-23)17-29-20-35-22-38(29)21-25-10-8-24(19-34)9-11-25/h8-13,16,18,20,22-23,27H,2-7,14-15,17,21H2,1H3,(H,36,40)(H,37,39). The predicted molar refractivity (Wildman–Crippen MR) is 164 cm³/mol. The van der Waals surface area contributed by atoms with Crippen molar-refractivity contribution in [2.45, 2.75) is 64.8 Å². The van der Waals surface area contributed by atoms with Crippen LogP contribution < -0.4 is 10.6 Å². The third-order valence-electron chi connectivity index (χ3n) is 7.98. The highest BCUT2D eigenvalue weighted by molar-refractivity contribution is 7.20. The lowest BCUT2D eigenvalue weighted by molar-refractivity contribution is -0.120. The van der Waals surface area contributed by atoms with E-state index in [4.69, 9.17) is 5.26 Å². The van der Waals surface area contributed by atoms with E-state index in [1.807, 2.05) is 61.1 Å². The molecule has 2 heterocycles. The molecule has 2 N–H and O–H groups in total. The van der Waals surface area contributed by atoms with Gasteiger partial charge in [-0.3, -0.25) is 9.59 Å². The van der Waals surface area contributed by atoms with E-state index in [9.17, 15) is 9.59 Å². The van der Waals surface area contributed by atoms with Crippen LogP contribution in [0, 0.1) is 23.2 Å². The van der Waals surface area contributed by atoms with Gasteiger partial charge in [-0.2, -0.15) is 5.26 Å². The number of rotatable bonds is 12. The van der Waals surface area contributed by atoms with Gasteiger partial charge in [0.05, 0.1) is 22.8 Å². The maximum absolute atomic E-state index is 13.7. The minimum absolute atomic E-state index is 0.0233. The second-order valence-electron chi connectivity index (χ2n) is 11.1. The smallest absolute Gasteiger partial charge is 0.261 e. The van der Waals surface area contributed by atoms with Crippen molar-refractivity contribution in [2.24, 2.45) is 11.8 Å². The number of carbonyl (C=O) groups excluding carboxylic acids is 2. The summed E-state index contributed by atoms with van der Waals surface area (Å²) in [5.41, 5.74) is 3.50. The van der Waals surface area contributed by atoms with Gasteiger partial charge in [-0.1, -0.05) is 51.2 Å². The summed E-state index contributed by atoms with van der Waals surface area (Å²) in [4.78, 5) is 31.4. The summed E-state index contributed by atoms with van der Waals surface area (Å²) in [7, 11) is 0. The van der Waals surface area contributed by atoms with Gasteiger partial charge in [-0.05, 0) is 66.1 Å². The first kappa shape index (κ1) is 28.6. The topological polar surface area (TPSA) is 99.8 Å². The molecule has 7 nitrogen and oxygen atoms in total. The Bertz CT molecular complexity index is 1530. The van der Waals surface area contributed by atoms with Crippen LogP contribution in [0.5, 0.6) is 0 Å². The molecule has 8 heteroatoms. The number of hydrogen-bond acceptors (Lipinski definition) is 5. The molecule has 1 aliphatic carbocycles. The Balaban J connectivity index is 1.30. The lowest BCUT2D eigenvalue weighted by Crippen LogP contribution is -2.27. The van der Waals surface area contributed by atoms with Gasteiger partial charge < -0.3 is 15.2 Å². The van der Waals surface area contributed by atoms with Crippen LogP contribution in [-0.2, 0) is 17.8 Å². The highest BCUT2D eigenvalue weighted by atomic mass is 32.1. The molecule has 0 bridgehead atoms. The summed E-state index contributed by atoms with van der Waals surface area (Å²) in [5.74, 6) is 0.371. The average molecular weight is 568 g/mol. The number of anilines is 1. The van der Waals surface area contributed by atoms with E-state index in [1.54, 1.807) is 0 Å². The Morgan fingerprint density at radius 3 is 2.71 bits per heavy atom. The van der Waals surface area contributed by atoms with Gasteiger partial charge in [0.25, 0.3) is 5.91 Å². The zero-order valence-corrected chi connectivity index (χ0v) is 24.4. The lowest BCUT2D eigenvalue weighted by atomic mass is 9.89. The van der Waals surface area contributed by atoms with Crippen LogP contribution in [-0.4, -0.2) is 27.9 Å². The van der Waals surface area contributed by atoms with Crippen LogP contribution in [0.2, 0.25) is 0 Å². The van der Waals surface area contributed by atoms with Crippen molar-refractivity contribution in [1.82, 2.24) is 14.9 Å². The van der Waals surface area contributed by atoms with Gasteiger partial charge in [-0.15, -0.1) is 11.3 Å². The maximum Gasteiger partial charge on any atom is 0.261 e. The number of carbonyl (C=O) groups is 2. The Morgan fingerprint density at radius 1 is 1.15 bits per heavy atom. The SMILES string of the molecule is CCCCNC(=O)c1cc2cc(NC(=O)C(Cc3cncn3Cc3ccc(C#N)cc3)CC3CCCC3)ccc2s1. The van der Waals surface area contributed by atoms with Gasteiger partial charge in [0.2, 0.25) is 5.91 Å². The molecule has 212 valence electrons. The molecule has 4 aromatic rings. The molecule has 1 aliphatic rings. The van der Waals surface area contributed by atoms with E-state index >= 15 is 0 Å². The number of fused-ring (bicyclic) bond motifs is 1. The zero-order chi connectivity index (χ0) is 28.6. The molecule has 5 rings (SSSR count). The first-order valence-electron chi connectivity index (χ1n) is 14.6. The highest BCUT2D eigenvalue weighted by Crippen LogP contribution is 2.33. The van der Waals surface area contributed by atoms with Crippen LogP contribution in [0.3, 0.4) is 0 Å². The third kappa shape index (κ3) is 7.42. The Morgan fingerprint density at radius 2 is 1.95 bits per heavy atom. The number of hydrogen-bond donors (Lipinski definition) is 2. The quantitative estimate of drug-likeness (QED) is 0.181. The predicted octanol–water partition coefficient (Wildman–Crippen LogP) is 6.93. The normalized spacial score (nSPS) is 14.1. The Kier molecular flexibility index (Phi) is 9.48. The van der Waals surface area contributed by atoms with Gasteiger partial charge in [0, 0.05) is 47.7 Å². The number of amides is 2. The van der Waals surface area contributed by atoms with E-state index in [1.165, 1.54) is 37.0 Å². The summed E-state index contributed by atoms with van der Waals surface area (Å²) < 4.78 is 3.12. The number of aromatic nitrogens is 2. The van der Waals surface area contributed by atoms with Crippen LogP contribution in [0.15, 0.2) is 61.1 Å². The van der Waals surface area contributed by atoms with Crippen molar-refractivity contribution in [3.63, 3.8) is 0 Å². The van der Waals surface area contributed by atoms with Gasteiger partial charge in [0.15, 0.2) is 0 Å². The molecule has 0 saturated heterocycles. The summed E-state index contributed by atoms with van der Waals surface area (Å²) in [6, 6.07) is 17.5. The van der Waals surface area contributed by atoms with Gasteiger partial charge in [-0.25, -0.2) is 4.98 Å². The number of nitriles is 1.